The van der Waals surface area contributed by atoms with E-state index < -0.39 is 0 Å². The largest absolute Gasteiger partial charge is 0.397 e. The van der Waals surface area contributed by atoms with Crippen molar-refractivity contribution in [3.05, 3.63) is 66.2 Å². The quantitative estimate of drug-likeness (QED) is 0.678. The van der Waals surface area contributed by atoms with Gasteiger partial charge in [0.05, 0.1) is 29.4 Å². The summed E-state index contributed by atoms with van der Waals surface area (Å²) < 4.78 is 5.32. The normalized spacial score (nSPS) is 14.0. The van der Waals surface area contributed by atoms with E-state index in [0.717, 1.165) is 35.7 Å². The summed E-state index contributed by atoms with van der Waals surface area (Å²) in [5.74, 6) is 0.839. The van der Waals surface area contributed by atoms with Gasteiger partial charge in [0.1, 0.15) is 5.82 Å². The highest BCUT2D eigenvalue weighted by molar-refractivity contribution is 6.14. The van der Waals surface area contributed by atoms with Crippen molar-refractivity contribution in [2.45, 2.75) is 6.10 Å². The molecule has 3 N–H and O–H groups in total. The van der Waals surface area contributed by atoms with Gasteiger partial charge < -0.3 is 15.4 Å². The van der Waals surface area contributed by atoms with Crippen LogP contribution in [0.5, 0.6) is 0 Å². The second kappa shape index (κ2) is 7.13. The fourth-order valence-electron chi connectivity index (χ4n) is 3.03. The number of anilines is 2. The van der Waals surface area contributed by atoms with Crippen molar-refractivity contribution >= 4 is 17.2 Å². The SMILES string of the molecule is COC1CN(c2cc(C(=N)c3cc(-c4cccnc4)ncc3N)ccn2)C1. The van der Waals surface area contributed by atoms with Gasteiger partial charge in [0, 0.05) is 55.5 Å². The number of rotatable bonds is 5. The number of nitrogens with two attached hydrogens (primary N) is 1. The van der Waals surface area contributed by atoms with E-state index in [4.69, 9.17) is 15.9 Å². The maximum Gasteiger partial charge on any atom is 0.129 e. The molecule has 1 aliphatic heterocycles. The molecule has 7 nitrogen and oxygen atoms in total. The zero-order valence-electron chi connectivity index (χ0n) is 15.0. The van der Waals surface area contributed by atoms with Crippen molar-refractivity contribution in [3.63, 3.8) is 0 Å². The molecule has 1 saturated heterocycles. The Labute approximate surface area is 157 Å². The Morgan fingerprint density at radius 1 is 1.19 bits per heavy atom. The molecule has 1 aliphatic rings. The minimum atomic E-state index is 0.243. The topological polar surface area (TPSA) is 101 Å². The van der Waals surface area contributed by atoms with Gasteiger partial charge in [0.15, 0.2) is 0 Å². The first-order chi connectivity index (χ1) is 13.2. The first-order valence-electron chi connectivity index (χ1n) is 8.64. The predicted octanol–water partition coefficient (Wildman–Crippen LogP) is 2.37. The number of ether oxygens (including phenoxy) is 1. The van der Waals surface area contributed by atoms with E-state index in [9.17, 15) is 0 Å². The molecule has 7 heteroatoms. The zero-order valence-corrected chi connectivity index (χ0v) is 15.0. The van der Waals surface area contributed by atoms with E-state index in [0.29, 0.717) is 17.0 Å². The first kappa shape index (κ1) is 17.1. The molecule has 0 unspecified atom stereocenters. The fourth-order valence-corrected chi connectivity index (χ4v) is 3.03. The molecule has 4 rings (SSSR count). The summed E-state index contributed by atoms with van der Waals surface area (Å²) >= 11 is 0. The maximum atomic E-state index is 8.66. The molecule has 3 aromatic rings. The first-order valence-corrected chi connectivity index (χ1v) is 8.64. The molecule has 0 aromatic carbocycles. The van der Waals surface area contributed by atoms with E-state index in [-0.39, 0.29) is 6.10 Å². The van der Waals surface area contributed by atoms with Crippen molar-refractivity contribution in [2.75, 3.05) is 30.8 Å². The maximum absolute atomic E-state index is 8.66. The van der Waals surface area contributed by atoms with Crippen LogP contribution in [0, 0.1) is 5.41 Å². The Hall–Kier alpha value is -3.32. The minimum Gasteiger partial charge on any atom is -0.397 e. The van der Waals surface area contributed by atoms with Crippen LogP contribution >= 0.6 is 0 Å². The van der Waals surface area contributed by atoms with Crippen molar-refractivity contribution in [1.29, 1.82) is 5.41 Å². The van der Waals surface area contributed by atoms with Crippen LogP contribution in [-0.2, 0) is 4.74 Å². The molecule has 0 atom stereocenters. The van der Waals surface area contributed by atoms with Gasteiger partial charge in [-0.2, -0.15) is 0 Å². The van der Waals surface area contributed by atoms with E-state index in [1.54, 1.807) is 31.9 Å². The van der Waals surface area contributed by atoms with Crippen LogP contribution in [0.2, 0.25) is 0 Å². The molecule has 4 heterocycles. The Morgan fingerprint density at radius 2 is 2.04 bits per heavy atom. The average Bonchev–Trinajstić information content (AvgIpc) is 2.68. The van der Waals surface area contributed by atoms with Crippen molar-refractivity contribution < 1.29 is 4.74 Å². The number of methoxy groups -OCH3 is 1. The molecule has 0 aliphatic carbocycles. The Morgan fingerprint density at radius 3 is 2.78 bits per heavy atom. The Bertz CT molecular complexity index is 969. The third kappa shape index (κ3) is 3.37. The average molecular weight is 360 g/mol. The highest BCUT2D eigenvalue weighted by Crippen LogP contribution is 2.25. The summed E-state index contributed by atoms with van der Waals surface area (Å²) in [6, 6.07) is 9.35. The van der Waals surface area contributed by atoms with Gasteiger partial charge in [-0.05, 0) is 30.3 Å². The van der Waals surface area contributed by atoms with Gasteiger partial charge in [-0.3, -0.25) is 15.4 Å². The third-order valence-electron chi connectivity index (χ3n) is 4.70. The van der Waals surface area contributed by atoms with Crippen LogP contribution < -0.4 is 10.6 Å². The van der Waals surface area contributed by atoms with Crippen molar-refractivity contribution in [3.8, 4) is 11.3 Å². The zero-order chi connectivity index (χ0) is 18.8. The summed E-state index contributed by atoms with van der Waals surface area (Å²) in [6.07, 6.45) is 7.01. The molecule has 0 saturated carbocycles. The molecule has 0 radical (unpaired) electrons. The molecule has 0 bridgehead atoms. The van der Waals surface area contributed by atoms with E-state index in [2.05, 4.69) is 19.9 Å². The number of hydrogen-bond donors (Lipinski definition) is 2. The Kier molecular flexibility index (Phi) is 4.52. The highest BCUT2D eigenvalue weighted by Gasteiger charge is 2.27. The second-order valence-electron chi connectivity index (χ2n) is 6.44. The lowest BCUT2D eigenvalue weighted by atomic mass is 10.0. The van der Waals surface area contributed by atoms with E-state index in [1.807, 2.05) is 30.3 Å². The smallest absolute Gasteiger partial charge is 0.129 e. The summed E-state index contributed by atoms with van der Waals surface area (Å²) in [7, 11) is 1.72. The molecular weight excluding hydrogens is 340 g/mol. The van der Waals surface area contributed by atoms with Gasteiger partial charge >= 0.3 is 0 Å². The molecule has 0 amide bonds. The van der Waals surface area contributed by atoms with Crippen LogP contribution in [-0.4, -0.2) is 47.0 Å². The lowest BCUT2D eigenvalue weighted by Gasteiger charge is -2.39. The number of hydrogen-bond acceptors (Lipinski definition) is 7. The molecule has 136 valence electrons. The Balaban J connectivity index is 1.63. The van der Waals surface area contributed by atoms with Crippen molar-refractivity contribution in [2.24, 2.45) is 0 Å². The van der Waals surface area contributed by atoms with Crippen LogP contribution in [0.3, 0.4) is 0 Å². The van der Waals surface area contributed by atoms with Gasteiger partial charge in [0.25, 0.3) is 0 Å². The monoisotopic (exact) mass is 360 g/mol. The standard InChI is InChI=1S/C20H20N6O/c1-27-15-11-26(12-15)19-7-13(4-6-24-19)20(22)16-8-18(25-10-17(16)21)14-3-2-5-23-9-14/h2-10,15,22H,11-12,21H2,1H3. The van der Waals surface area contributed by atoms with Gasteiger partial charge in [-0.1, -0.05) is 0 Å². The van der Waals surface area contributed by atoms with Gasteiger partial charge in [0.2, 0.25) is 0 Å². The number of nitrogen functional groups attached to an aromatic ring is 1. The van der Waals surface area contributed by atoms with Crippen LogP contribution in [0.1, 0.15) is 11.1 Å². The molecular formula is C20H20N6O. The molecule has 3 aromatic heterocycles. The molecule has 1 fully saturated rings. The summed E-state index contributed by atoms with van der Waals surface area (Å²) in [5.41, 5.74) is 9.94. The molecule has 0 spiro atoms. The fraction of sp³-hybridized carbons (Fsp3) is 0.200. The second-order valence-corrected chi connectivity index (χ2v) is 6.44. The lowest BCUT2D eigenvalue weighted by molar-refractivity contribution is 0.0783. The predicted molar refractivity (Wildman–Crippen MR) is 105 cm³/mol. The number of aromatic nitrogens is 3. The van der Waals surface area contributed by atoms with Gasteiger partial charge in [-0.15, -0.1) is 0 Å². The third-order valence-corrected chi connectivity index (χ3v) is 4.70. The van der Waals surface area contributed by atoms with E-state index >= 15 is 0 Å². The van der Waals surface area contributed by atoms with E-state index in [1.165, 1.54) is 0 Å². The minimum absolute atomic E-state index is 0.243. The number of nitrogens with zero attached hydrogens (tertiary/aromatic N) is 4. The summed E-state index contributed by atoms with van der Waals surface area (Å²) in [6.45, 7) is 1.62. The number of nitrogens with one attached hydrogen (secondary N) is 1. The van der Waals surface area contributed by atoms with Crippen molar-refractivity contribution in [1.82, 2.24) is 15.0 Å². The van der Waals surface area contributed by atoms with Crippen LogP contribution in [0.25, 0.3) is 11.3 Å². The van der Waals surface area contributed by atoms with Crippen LogP contribution in [0.15, 0.2) is 55.1 Å². The lowest BCUT2D eigenvalue weighted by Crippen LogP contribution is -2.52. The highest BCUT2D eigenvalue weighted by atomic mass is 16.5. The van der Waals surface area contributed by atoms with Gasteiger partial charge in [-0.25, -0.2) is 4.98 Å². The van der Waals surface area contributed by atoms with Crippen LogP contribution in [0.4, 0.5) is 11.5 Å². The number of pyridine rings is 3. The molecule has 27 heavy (non-hydrogen) atoms. The summed E-state index contributed by atoms with van der Waals surface area (Å²) in [5, 5.41) is 8.66. The summed E-state index contributed by atoms with van der Waals surface area (Å²) in [4.78, 5) is 15.0.